The average molecular weight is 247 g/mol. The number of aliphatic hydroxyl groups excluding tert-OH is 1. The molecular formula is C14H21N3O. The van der Waals surface area contributed by atoms with Crippen molar-refractivity contribution in [2.24, 2.45) is 0 Å². The summed E-state index contributed by atoms with van der Waals surface area (Å²) in [5.74, 6) is 0. The van der Waals surface area contributed by atoms with E-state index in [0.29, 0.717) is 0 Å². The van der Waals surface area contributed by atoms with Crippen LogP contribution in [0.5, 0.6) is 0 Å². The monoisotopic (exact) mass is 247 g/mol. The van der Waals surface area contributed by atoms with Crippen molar-refractivity contribution in [2.45, 2.75) is 32.9 Å². The summed E-state index contributed by atoms with van der Waals surface area (Å²) in [5.41, 5.74) is 4.78. The fourth-order valence-corrected chi connectivity index (χ4v) is 2.11. The van der Waals surface area contributed by atoms with E-state index in [1.54, 1.807) is 0 Å². The molecule has 1 aromatic carbocycles. The van der Waals surface area contributed by atoms with Crippen LogP contribution in [0.3, 0.4) is 0 Å². The van der Waals surface area contributed by atoms with Gasteiger partial charge in [0.25, 0.3) is 0 Å². The number of aromatic nitrogens is 2. The van der Waals surface area contributed by atoms with Crippen LogP contribution in [0, 0.1) is 13.8 Å². The van der Waals surface area contributed by atoms with Crippen molar-refractivity contribution in [3.8, 4) is 0 Å². The number of hydrogen-bond donors (Lipinski definition) is 2. The second-order valence-corrected chi connectivity index (χ2v) is 4.82. The van der Waals surface area contributed by atoms with E-state index in [1.165, 1.54) is 16.6 Å². The maximum atomic E-state index is 9.16. The Balaban J connectivity index is 2.21. The summed E-state index contributed by atoms with van der Waals surface area (Å²) in [5, 5.41) is 12.3. The first-order chi connectivity index (χ1) is 8.65. The molecule has 4 heteroatoms. The van der Waals surface area contributed by atoms with Gasteiger partial charge in [0.2, 0.25) is 0 Å². The Morgan fingerprint density at radius 2 is 2.06 bits per heavy atom. The van der Waals surface area contributed by atoms with E-state index < -0.39 is 0 Å². The summed E-state index contributed by atoms with van der Waals surface area (Å²) in [6.45, 7) is 5.26. The standard InChI is InChI=1S/C14H21N3O/c1-10-6-13-14(7-11(10)2)17(9-16-13)5-4-12(8-18)15-3/h6-7,9,12,15,18H,4-5,8H2,1-3H3. The lowest BCUT2D eigenvalue weighted by Crippen LogP contribution is -2.30. The average Bonchev–Trinajstić information content (AvgIpc) is 2.74. The van der Waals surface area contributed by atoms with Crippen LogP contribution in [0.25, 0.3) is 11.0 Å². The third kappa shape index (κ3) is 2.54. The molecule has 0 aliphatic rings. The Morgan fingerprint density at radius 3 is 2.72 bits per heavy atom. The Bertz CT molecular complexity index is 529. The van der Waals surface area contributed by atoms with Gasteiger partial charge < -0.3 is 15.0 Å². The van der Waals surface area contributed by atoms with Crippen molar-refractivity contribution in [1.82, 2.24) is 14.9 Å². The van der Waals surface area contributed by atoms with Crippen LogP contribution >= 0.6 is 0 Å². The molecule has 2 rings (SSSR count). The molecule has 0 saturated heterocycles. The van der Waals surface area contributed by atoms with Crippen molar-refractivity contribution in [2.75, 3.05) is 13.7 Å². The Morgan fingerprint density at radius 1 is 1.33 bits per heavy atom. The number of aliphatic hydroxyl groups is 1. The summed E-state index contributed by atoms with van der Waals surface area (Å²) >= 11 is 0. The SMILES string of the molecule is CNC(CO)CCn1cnc2cc(C)c(C)cc21. The second kappa shape index (κ2) is 5.50. The minimum absolute atomic E-state index is 0.147. The number of likely N-dealkylation sites (N-methyl/N-ethyl adjacent to an activating group) is 1. The van der Waals surface area contributed by atoms with Gasteiger partial charge in [0, 0.05) is 12.6 Å². The van der Waals surface area contributed by atoms with Crippen molar-refractivity contribution in [3.05, 3.63) is 29.6 Å². The third-order valence-electron chi connectivity index (χ3n) is 3.58. The Hall–Kier alpha value is -1.39. The van der Waals surface area contributed by atoms with Gasteiger partial charge in [0.05, 0.1) is 24.0 Å². The molecule has 0 aliphatic carbocycles. The highest BCUT2D eigenvalue weighted by Gasteiger charge is 2.08. The number of benzene rings is 1. The summed E-state index contributed by atoms with van der Waals surface area (Å²) in [4.78, 5) is 4.43. The lowest BCUT2D eigenvalue weighted by atomic mass is 10.1. The molecule has 0 saturated carbocycles. The largest absolute Gasteiger partial charge is 0.395 e. The number of fused-ring (bicyclic) bond motifs is 1. The predicted octanol–water partition coefficient (Wildman–Crippen LogP) is 1.62. The van der Waals surface area contributed by atoms with Gasteiger partial charge in [0.15, 0.2) is 0 Å². The Labute approximate surface area is 108 Å². The molecule has 1 heterocycles. The second-order valence-electron chi connectivity index (χ2n) is 4.82. The van der Waals surface area contributed by atoms with Crippen molar-refractivity contribution in [1.29, 1.82) is 0 Å². The van der Waals surface area contributed by atoms with E-state index in [0.717, 1.165) is 18.5 Å². The number of hydrogen-bond acceptors (Lipinski definition) is 3. The van der Waals surface area contributed by atoms with Gasteiger partial charge in [-0.3, -0.25) is 0 Å². The maximum Gasteiger partial charge on any atom is 0.0958 e. The van der Waals surface area contributed by atoms with Crippen LogP contribution in [0.2, 0.25) is 0 Å². The highest BCUT2D eigenvalue weighted by molar-refractivity contribution is 5.77. The van der Waals surface area contributed by atoms with Gasteiger partial charge in [-0.2, -0.15) is 0 Å². The zero-order valence-corrected chi connectivity index (χ0v) is 11.3. The molecule has 4 nitrogen and oxygen atoms in total. The Kier molecular flexibility index (Phi) is 3.99. The quantitative estimate of drug-likeness (QED) is 0.844. The lowest BCUT2D eigenvalue weighted by molar-refractivity contribution is 0.238. The first kappa shape index (κ1) is 13.1. The van der Waals surface area contributed by atoms with Crippen molar-refractivity contribution < 1.29 is 5.11 Å². The summed E-state index contributed by atoms with van der Waals surface area (Å²) in [7, 11) is 1.88. The number of imidazole rings is 1. The van der Waals surface area contributed by atoms with E-state index in [2.05, 4.69) is 40.8 Å². The number of nitrogens with one attached hydrogen (secondary N) is 1. The molecule has 0 bridgehead atoms. The smallest absolute Gasteiger partial charge is 0.0958 e. The molecule has 1 unspecified atom stereocenters. The molecule has 2 aromatic rings. The zero-order chi connectivity index (χ0) is 13.1. The van der Waals surface area contributed by atoms with E-state index in [1.807, 2.05) is 13.4 Å². The summed E-state index contributed by atoms with van der Waals surface area (Å²) in [6.07, 6.45) is 2.78. The molecule has 98 valence electrons. The van der Waals surface area contributed by atoms with Crippen LogP contribution < -0.4 is 5.32 Å². The van der Waals surface area contributed by atoms with Gasteiger partial charge in [-0.15, -0.1) is 0 Å². The van der Waals surface area contributed by atoms with E-state index in [9.17, 15) is 0 Å². The molecule has 0 aliphatic heterocycles. The fraction of sp³-hybridized carbons (Fsp3) is 0.500. The first-order valence-corrected chi connectivity index (χ1v) is 6.36. The van der Waals surface area contributed by atoms with Crippen LogP contribution in [0.4, 0.5) is 0 Å². The minimum atomic E-state index is 0.147. The number of rotatable bonds is 5. The van der Waals surface area contributed by atoms with Crippen molar-refractivity contribution in [3.63, 3.8) is 0 Å². The van der Waals surface area contributed by atoms with E-state index in [-0.39, 0.29) is 12.6 Å². The maximum absolute atomic E-state index is 9.16. The number of aryl methyl sites for hydroxylation is 3. The topological polar surface area (TPSA) is 50.1 Å². The van der Waals surface area contributed by atoms with E-state index in [4.69, 9.17) is 5.11 Å². The fourth-order valence-electron chi connectivity index (χ4n) is 2.11. The van der Waals surface area contributed by atoms with Crippen LogP contribution in [-0.4, -0.2) is 34.4 Å². The van der Waals surface area contributed by atoms with Gasteiger partial charge in [-0.25, -0.2) is 4.98 Å². The summed E-state index contributed by atoms with van der Waals surface area (Å²) < 4.78 is 2.15. The summed E-state index contributed by atoms with van der Waals surface area (Å²) in [6, 6.07) is 4.46. The molecule has 1 aromatic heterocycles. The number of nitrogens with zero attached hydrogens (tertiary/aromatic N) is 2. The molecule has 0 radical (unpaired) electrons. The predicted molar refractivity (Wildman–Crippen MR) is 73.8 cm³/mol. The molecule has 1 atom stereocenters. The highest BCUT2D eigenvalue weighted by atomic mass is 16.3. The van der Waals surface area contributed by atoms with Gasteiger partial charge >= 0.3 is 0 Å². The van der Waals surface area contributed by atoms with Crippen LogP contribution in [0.15, 0.2) is 18.5 Å². The third-order valence-corrected chi connectivity index (χ3v) is 3.58. The molecule has 0 fully saturated rings. The normalized spacial score (nSPS) is 13.1. The van der Waals surface area contributed by atoms with Gasteiger partial charge in [0.1, 0.15) is 0 Å². The zero-order valence-electron chi connectivity index (χ0n) is 11.3. The van der Waals surface area contributed by atoms with Crippen LogP contribution in [0.1, 0.15) is 17.5 Å². The first-order valence-electron chi connectivity index (χ1n) is 6.36. The molecule has 2 N–H and O–H groups in total. The van der Waals surface area contributed by atoms with Crippen molar-refractivity contribution >= 4 is 11.0 Å². The molecule has 18 heavy (non-hydrogen) atoms. The lowest BCUT2D eigenvalue weighted by Gasteiger charge is -2.13. The minimum Gasteiger partial charge on any atom is -0.395 e. The van der Waals surface area contributed by atoms with E-state index >= 15 is 0 Å². The highest BCUT2D eigenvalue weighted by Crippen LogP contribution is 2.18. The van der Waals surface area contributed by atoms with Crippen LogP contribution in [-0.2, 0) is 6.54 Å². The molecule has 0 spiro atoms. The molecule has 0 amide bonds. The molecular weight excluding hydrogens is 226 g/mol. The van der Waals surface area contributed by atoms with Gasteiger partial charge in [-0.05, 0) is 50.6 Å². The van der Waals surface area contributed by atoms with Gasteiger partial charge in [-0.1, -0.05) is 0 Å².